The fourth-order valence-corrected chi connectivity index (χ4v) is 9.67. The summed E-state index contributed by atoms with van der Waals surface area (Å²) in [7, 11) is 0. The molecular formula is C25H40O5. The quantitative estimate of drug-likeness (QED) is 0.691. The second kappa shape index (κ2) is 6.66. The summed E-state index contributed by atoms with van der Waals surface area (Å²) in [6.07, 6.45) is 8.70. The van der Waals surface area contributed by atoms with E-state index in [9.17, 15) is 5.11 Å². The van der Waals surface area contributed by atoms with Crippen molar-refractivity contribution in [2.24, 2.45) is 40.4 Å². The normalized spacial score (nSPS) is 54.0. The second-order valence-corrected chi connectivity index (χ2v) is 12.0. The molecule has 4 saturated carbocycles. The summed E-state index contributed by atoms with van der Waals surface area (Å²) in [4.78, 5) is 0. The van der Waals surface area contributed by atoms with E-state index in [0.29, 0.717) is 42.8 Å². The number of hydrogen-bond acceptors (Lipinski definition) is 5. The average Bonchev–Trinajstić information content (AvgIpc) is 3.41. The Morgan fingerprint density at radius 1 is 0.733 bits per heavy atom. The van der Waals surface area contributed by atoms with Crippen LogP contribution in [0.1, 0.15) is 72.1 Å². The predicted octanol–water partition coefficient (Wildman–Crippen LogP) is 4.12. The highest BCUT2D eigenvalue weighted by Crippen LogP contribution is 2.69. The minimum absolute atomic E-state index is 0.108. The first kappa shape index (κ1) is 20.4. The minimum atomic E-state index is -0.467. The van der Waals surface area contributed by atoms with Crippen LogP contribution >= 0.6 is 0 Å². The van der Waals surface area contributed by atoms with Crippen LogP contribution < -0.4 is 0 Å². The molecule has 4 aliphatic carbocycles. The predicted molar refractivity (Wildman–Crippen MR) is 112 cm³/mol. The van der Waals surface area contributed by atoms with Gasteiger partial charge in [0.1, 0.15) is 0 Å². The van der Waals surface area contributed by atoms with Crippen molar-refractivity contribution in [2.45, 2.75) is 89.8 Å². The van der Waals surface area contributed by atoms with E-state index in [1.165, 1.54) is 25.7 Å². The number of ether oxygens (including phenoxy) is 4. The molecule has 1 N–H and O–H groups in total. The van der Waals surface area contributed by atoms with Crippen LogP contribution in [0.25, 0.3) is 0 Å². The van der Waals surface area contributed by atoms with E-state index in [0.717, 1.165) is 38.9 Å². The molecule has 2 aliphatic heterocycles. The van der Waals surface area contributed by atoms with Gasteiger partial charge in [-0.2, -0.15) is 0 Å². The topological polar surface area (TPSA) is 57.2 Å². The molecule has 0 aromatic rings. The molecule has 30 heavy (non-hydrogen) atoms. The SMILES string of the molecule is CC1([C@@H]2CC[C@@H]3[C@@H]4CC[C@@H]5CC6(CC[C@]5(C)[C@H]4[C@H](O)C[C@@]32C)OCCO6)OCCO1. The lowest BCUT2D eigenvalue weighted by Gasteiger charge is -2.63. The zero-order valence-electron chi connectivity index (χ0n) is 19.0. The van der Waals surface area contributed by atoms with Crippen molar-refractivity contribution in [3.8, 4) is 0 Å². The first-order valence-corrected chi connectivity index (χ1v) is 12.5. The highest BCUT2D eigenvalue weighted by molar-refractivity contribution is 5.14. The standard InChI is InChI=1S/C25H40O5/c1-22-8-9-25(29-12-13-30-25)14-16(22)4-5-17-18-6-7-20(24(3)27-10-11-28-24)23(18,2)15-19(26)21(17)22/h16-21,26H,4-15H2,1-3H3/t16-,17+,18-,19-,20-,21-,22+,23+/m1/s1. The fraction of sp³-hybridized carbons (Fsp3) is 1.00. The van der Waals surface area contributed by atoms with Gasteiger partial charge in [0, 0.05) is 18.8 Å². The van der Waals surface area contributed by atoms with Crippen molar-refractivity contribution >= 4 is 0 Å². The Balaban J connectivity index is 1.28. The molecule has 6 rings (SSSR count). The monoisotopic (exact) mass is 420 g/mol. The molecule has 0 radical (unpaired) electrons. The molecule has 5 heteroatoms. The molecule has 6 aliphatic rings. The van der Waals surface area contributed by atoms with E-state index < -0.39 is 5.79 Å². The Morgan fingerprint density at radius 3 is 2.17 bits per heavy atom. The van der Waals surface area contributed by atoms with Gasteiger partial charge < -0.3 is 24.1 Å². The lowest BCUT2D eigenvalue weighted by atomic mass is 9.43. The molecule has 6 fully saturated rings. The Labute approximate surface area is 181 Å². The van der Waals surface area contributed by atoms with Crippen LogP contribution in [0, 0.1) is 40.4 Å². The minimum Gasteiger partial charge on any atom is -0.393 e. The van der Waals surface area contributed by atoms with Crippen molar-refractivity contribution in [3.05, 3.63) is 0 Å². The van der Waals surface area contributed by atoms with Crippen LogP contribution in [0.3, 0.4) is 0 Å². The van der Waals surface area contributed by atoms with Crippen molar-refractivity contribution < 1.29 is 24.1 Å². The smallest absolute Gasteiger partial charge is 0.169 e. The van der Waals surface area contributed by atoms with Gasteiger partial charge >= 0.3 is 0 Å². The molecule has 2 heterocycles. The highest BCUT2D eigenvalue weighted by atomic mass is 16.7. The lowest BCUT2D eigenvalue weighted by molar-refractivity contribution is -0.254. The highest BCUT2D eigenvalue weighted by Gasteiger charge is 2.67. The molecule has 170 valence electrons. The van der Waals surface area contributed by atoms with E-state index >= 15 is 0 Å². The molecule has 0 unspecified atom stereocenters. The summed E-state index contributed by atoms with van der Waals surface area (Å²) < 4.78 is 24.5. The van der Waals surface area contributed by atoms with Gasteiger partial charge in [-0.3, -0.25) is 0 Å². The Kier molecular flexibility index (Phi) is 4.53. The van der Waals surface area contributed by atoms with E-state index in [1.54, 1.807) is 0 Å². The molecule has 5 nitrogen and oxygen atoms in total. The van der Waals surface area contributed by atoms with Crippen LogP contribution in [0.2, 0.25) is 0 Å². The van der Waals surface area contributed by atoms with Gasteiger partial charge in [-0.25, -0.2) is 0 Å². The molecule has 2 saturated heterocycles. The van der Waals surface area contributed by atoms with Gasteiger partial charge in [0.2, 0.25) is 0 Å². The number of aliphatic hydroxyl groups excluding tert-OH is 1. The molecule has 1 spiro atoms. The maximum Gasteiger partial charge on any atom is 0.169 e. The van der Waals surface area contributed by atoms with Gasteiger partial charge in [0.05, 0.1) is 32.5 Å². The Bertz CT molecular complexity index is 683. The zero-order chi connectivity index (χ0) is 20.8. The van der Waals surface area contributed by atoms with E-state index in [-0.39, 0.29) is 22.7 Å². The summed E-state index contributed by atoms with van der Waals surface area (Å²) in [5.41, 5.74) is 0.309. The number of aliphatic hydroxyl groups is 1. The number of fused-ring (bicyclic) bond motifs is 5. The summed E-state index contributed by atoms with van der Waals surface area (Å²) in [5.74, 6) is 1.89. The van der Waals surface area contributed by atoms with Crippen molar-refractivity contribution in [3.63, 3.8) is 0 Å². The van der Waals surface area contributed by atoms with Gasteiger partial charge in [-0.05, 0) is 80.0 Å². The van der Waals surface area contributed by atoms with Crippen molar-refractivity contribution in [1.29, 1.82) is 0 Å². The third kappa shape index (κ3) is 2.65. The van der Waals surface area contributed by atoms with Crippen LogP contribution in [0.15, 0.2) is 0 Å². The van der Waals surface area contributed by atoms with Gasteiger partial charge in [0.15, 0.2) is 11.6 Å². The number of hydrogen-bond donors (Lipinski definition) is 1. The third-order valence-corrected chi connectivity index (χ3v) is 10.9. The summed E-state index contributed by atoms with van der Waals surface area (Å²) in [6, 6.07) is 0. The van der Waals surface area contributed by atoms with E-state index in [1.807, 2.05) is 0 Å². The van der Waals surface area contributed by atoms with E-state index in [4.69, 9.17) is 18.9 Å². The average molecular weight is 421 g/mol. The first-order valence-electron chi connectivity index (χ1n) is 12.5. The summed E-state index contributed by atoms with van der Waals surface area (Å²) in [5, 5.41) is 11.7. The third-order valence-electron chi connectivity index (χ3n) is 10.9. The van der Waals surface area contributed by atoms with Crippen LogP contribution in [-0.4, -0.2) is 49.2 Å². The van der Waals surface area contributed by atoms with Gasteiger partial charge in [0.25, 0.3) is 0 Å². The maximum absolute atomic E-state index is 11.7. The maximum atomic E-state index is 11.7. The van der Waals surface area contributed by atoms with Crippen LogP contribution in [0.4, 0.5) is 0 Å². The largest absolute Gasteiger partial charge is 0.393 e. The van der Waals surface area contributed by atoms with Crippen LogP contribution in [-0.2, 0) is 18.9 Å². The Morgan fingerprint density at radius 2 is 1.43 bits per heavy atom. The van der Waals surface area contributed by atoms with Crippen molar-refractivity contribution in [2.75, 3.05) is 26.4 Å². The van der Waals surface area contributed by atoms with Gasteiger partial charge in [-0.15, -0.1) is 0 Å². The molecule has 0 aromatic carbocycles. The summed E-state index contributed by atoms with van der Waals surface area (Å²) >= 11 is 0. The first-order chi connectivity index (χ1) is 14.3. The Hall–Kier alpha value is -0.200. The fourth-order valence-electron chi connectivity index (χ4n) is 9.67. The molecule has 0 aromatic heterocycles. The van der Waals surface area contributed by atoms with Crippen LogP contribution in [0.5, 0.6) is 0 Å². The summed E-state index contributed by atoms with van der Waals surface area (Å²) in [6.45, 7) is 9.96. The number of rotatable bonds is 1. The van der Waals surface area contributed by atoms with Crippen molar-refractivity contribution in [1.82, 2.24) is 0 Å². The molecule has 0 bridgehead atoms. The zero-order valence-corrected chi connectivity index (χ0v) is 19.0. The molecule has 0 amide bonds. The van der Waals surface area contributed by atoms with E-state index in [2.05, 4.69) is 20.8 Å². The second-order valence-electron chi connectivity index (χ2n) is 12.0. The molecular weight excluding hydrogens is 380 g/mol. The lowest BCUT2D eigenvalue weighted by Crippen LogP contribution is -2.61. The van der Waals surface area contributed by atoms with Gasteiger partial charge in [-0.1, -0.05) is 13.8 Å². The molecule has 8 atom stereocenters.